The van der Waals surface area contributed by atoms with Gasteiger partial charge in [-0.2, -0.15) is 0 Å². The summed E-state index contributed by atoms with van der Waals surface area (Å²) in [5.74, 6) is 0.0924. The number of halogens is 1. The molecule has 0 heterocycles. The van der Waals surface area contributed by atoms with Crippen molar-refractivity contribution in [3.8, 4) is 11.5 Å². The molecular weight excluding hydrogens is 395 g/mol. The molecule has 0 bridgehead atoms. The molecule has 3 aromatic carbocycles. The van der Waals surface area contributed by atoms with E-state index in [1.54, 1.807) is 36.4 Å². The van der Waals surface area contributed by atoms with Crippen molar-refractivity contribution in [2.24, 2.45) is 0 Å². The number of ether oxygens (including phenoxy) is 1. The molecular formula is C21H19FN2O4S. The normalized spacial score (nSPS) is 11.3. The quantitative estimate of drug-likeness (QED) is 0.658. The monoisotopic (exact) mass is 414 g/mol. The summed E-state index contributed by atoms with van der Waals surface area (Å²) in [6.07, 6.45) is 0. The average Bonchev–Trinajstić information content (AvgIpc) is 2.69. The van der Waals surface area contributed by atoms with Gasteiger partial charge in [-0.1, -0.05) is 6.07 Å². The molecule has 0 atom stereocenters. The minimum absolute atomic E-state index is 0.109. The number of carbonyl (C=O) groups is 1. The van der Waals surface area contributed by atoms with E-state index in [4.69, 9.17) is 4.74 Å². The van der Waals surface area contributed by atoms with Gasteiger partial charge < -0.3 is 10.1 Å². The molecule has 150 valence electrons. The maximum atomic E-state index is 13.2. The molecule has 0 saturated heterocycles. The molecule has 0 aliphatic heterocycles. The summed E-state index contributed by atoms with van der Waals surface area (Å²) < 4.78 is 44.0. The molecule has 0 radical (unpaired) electrons. The van der Waals surface area contributed by atoms with Gasteiger partial charge in [0.05, 0.1) is 4.90 Å². The number of carbonyl (C=O) groups excluding carboxylic acids is 1. The van der Waals surface area contributed by atoms with Gasteiger partial charge in [0.15, 0.2) is 0 Å². The van der Waals surface area contributed by atoms with Gasteiger partial charge in [-0.25, -0.2) is 17.1 Å². The highest BCUT2D eigenvalue weighted by molar-refractivity contribution is 7.89. The predicted octanol–water partition coefficient (Wildman–Crippen LogP) is 4.12. The van der Waals surface area contributed by atoms with Crippen LogP contribution in [0.5, 0.6) is 11.5 Å². The smallest absolute Gasteiger partial charge is 0.255 e. The second-order valence-corrected chi connectivity index (χ2v) is 8.50. The minimum atomic E-state index is -3.55. The van der Waals surface area contributed by atoms with Gasteiger partial charge in [0, 0.05) is 31.4 Å². The van der Waals surface area contributed by atoms with E-state index >= 15 is 0 Å². The number of benzene rings is 3. The van der Waals surface area contributed by atoms with Crippen molar-refractivity contribution >= 4 is 21.6 Å². The number of sulfonamides is 1. The molecule has 0 unspecified atom stereocenters. The van der Waals surface area contributed by atoms with Gasteiger partial charge in [-0.3, -0.25) is 4.79 Å². The van der Waals surface area contributed by atoms with Crippen LogP contribution < -0.4 is 10.1 Å². The van der Waals surface area contributed by atoms with Crippen molar-refractivity contribution in [2.45, 2.75) is 4.90 Å². The number of amides is 1. The predicted molar refractivity (Wildman–Crippen MR) is 108 cm³/mol. The first-order chi connectivity index (χ1) is 13.8. The highest BCUT2D eigenvalue weighted by Crippen LogP contribution is 2.24. The van der Waals surface area contributed by atoms with Crippen molar-refractivity contribution in [3.05, 3.63) is 84.2 Å². The van der Waals surface area contributed by atoms with Crippen LogP contribution in [0.4, 0.5) is 10.1 Å². The Kier molecular flexibility index (Phi) is 5.95. The third-order valence-electron chi connectivity index (χ3n) is 4.04. The lowest BCUT2D eigenvalue weighted by Gasteiger charge is -2.12. The Morgan fingerprint density at radius 1 is 0.931 bits per heavy atom. The molecule has 3 rings (SSSR count). The number of hydrogen-bond donors (Lipinski definition) is 1. The van der Waals surface area contributed by atoms with Crippen LogP contribution >= 0.6 is 0 Å². The molecule has 0 aliphatic carbocycles. The van der Waals surface area contributed by atoms with Crippen molar-refractivity contribution in [1.29, 1.82) is 0 Å². The van der Waals surface area contributed by atoms with Gasteiger partial charge in [0.2, 0.25) is 10.0 Å². The zero-order valence-corrected chi connectivity index (χ0v) is 16.6. The lowest BCUT2D eigenvalue weighted by atomic mass is 10.2. The van der Waals surface area contributed by atoms with E-state index in [2.05, 4.69) is 5.32 Å². The highest BCUT2D eigenvalue weighted by Gasteiger charge is 2.17. The Morgan fingerprint density at radius 2 is 1.59 bits per heavy atom. The summed E-state index contributed by atoms with van der Waals surface area (Å²) >= 11 is 0. The van der Waals surface area contributed by atoms with Crippen molar-refractivity contribution < 1.29 is 22.3 Å². The van der Waals surface area contributed by atoms with E-state index < -0.39 is 15.8 Å². The second kappa shape index (κ2) is 8.42. The molecule has 8 heteroatoms. The number of nitrogens with one attached hydrogen (secondary N) is 1. The molecule has 3 aromatic rings. The van der Waals surface area contributed by atoms with E-state index in [1.807, 2.05) is 0 Å². The van der Waals surface area contributed by atoms with E-state index in [9.17, 15) is 17.6 Å². The van der Waals surface area contributed by atoms with E-state index in [-0.39, 0.29) is 10.8 Å². The maximum Gasteiger partial charge on any atom is 0.255 e. The summed E-state index contributed by atoms with van der Waals surface area (Å²) in [7, 11) is -0.663. The Hall–Kier alpha value is -3.23. The van der Waals surface area contributed by atoms with Gasteiger partial charge in [-0.05, 0) is 60.7 Å². The Labute approximate surface area is 168 Å². The van der Waals surface area contributed by atoms with E-state index in [0.717, 1.165) is 4.31 Å². The molecule has 1 N–H and O–H groups in total. The van der Waals surface area contributed by atoms with E-state index in [0.29, 0.717) is 22.7 Å². The zero-order chi connectivity index (χ0) is 21.0. The number of nitrogens with zero attached hydrogens (tertiary/aromatic N) is 1. The van der Waals surface area contributed by atoms with Gasteiger partial charge >= 0.3 is 0 Å². The first kappa shape index (κ1) is 20.5. The Morgan fingerprint density at radius 3 is 2.17 bits per heavy atom. The molecule has 0 aliphatic rings. The SMILES string of the molecule is CN(C)S(=O)(=O)c1ccc(C(=O)Nc2ccc(Oc3cccc(F)c3)cc2)cc1. The third-order valence-corrected chi connectivity index (χ3v) is 5.87. The van der Waals surface area contributed by atoms with Crippen LogP contribution in [-0.4, -0.2) is 32.7 Å². The van der Waals surface area contributed by atoms with Crippen molar-refractivity contribution in [3.63, 3.8) is 0 Å². The van der Waals surface area contributed by atoms with Gasteiger partial charge in [0.25, 0.3) is 5.91 Å². The van der Waals surface area contributed by atoms with Crippen LogP contribution in [0.2, 0.25) is 0 Å². The molecule has 0 fully saturated rings. The van der Waals surface area contributed by atoms with Gasteiger partial charge in [-0.15, -0.1) is 0 Å². The summed E-state index contributed by atoms with van der Waals surface area (Å²) in [4.78, 5) is 12.5. The first-order valence-corrected chi connectivity index (χ1v) is 10.1. The summed E-state index contributed by atoms with van der Waals surface area (Å²) in [5, 5.41) is 2.73. The summed E-state index contributed by atoms with van der Waals surface area (Å²) in [5.41, 5.74) is 0.856. The van der Waals surface area contributed by atoms with Crippen LogP contribution in [0.15, 0.2) is 77.7 Å². The molecule has 0 spiro atoms. The number of anilines is 1. The zero-order valence-electron chi connectivity index (χ0n) is 15.8. The van der Waals surface area contributed by atoms with Crippen LogP contribution in [0.25, 0.3) is 0 Å². The van der Waals surface area contributed by atoms with Crippen LogP contribution in [0.3, 0.4) is 0 Å². The third kappa shape index (κ3) is 4.98. The molecule has 1 amide bonds. The topological polar surface area (TPSA) is 75.7 Å². The minimum Gasteiger partial charge on any atom is -0.457 e. The lowest BCUT2D eigenvalue weighted by molar-refractivity contribution is 0.102. The molecule has 0 saturated carbocycles. The molecule has 29 heavy (non-hydrogen) atoms. The fourth-order valence-corrected chi connectivity index (χ4v) is 3.37. The number of rotatable bonds is 6. The Balaban J connectivity index is 1.66. The standard InChI is InChI=1S/C21H19FN2O4S/c1-24(2)29(26,27)20-12-6-15(7-13-20)21(25)23-17-8-10-18(11-9-17)28-19-5-3-4-16(22)14-19/h3-14H,1-2H3,(H,23,25). The highest BCUT2D eigenvalue weighted by atomic mass is 32.2. The number of hydrogen-bond acceptors (Lipinski definition) is 4. The van der Waals surface area contributed by atoms with Crippen molar-refractivity contribution in [2.75, 3.05) is 19.4 Å². The summed E-state index contributed by atoms with van der Waals surface area (Å²) in [6, 6.07) is 18.1. The maximum absolute atomic E-state index is 13.2. The van der Waals surface area contributed by atoms with Crippen LogP contribution in [0.1, 0.15) is 10.4 Å². The van der Waals surface area contributed by atoms with Crippen molar-refractivity contribution in [1.82, 2.24) is 4.31 Å². The average molecular weight is 414 g/mol. The van der Waals surface area contributed by atoms with Gasteiger partial charge in [0.1, 0.15) is 17.3 Å². The first-order valence-electron chi connectivity index (χ1n) is 8.63. The van der Waals surface area contributed by atoms with Crippen LogP contribution in [0, 0.1) is 5.82 Å². The fourth-order valence-electron chi connectivity index (χ4n) is 2.47. The van der Waals surface area contributed by atoms with E-state index in [1.165, 1.54) is 50.5 Å². The lowest BCUT2D eigenvalue weighted by Crippen LogP contribution is -2.22. The van der Waals surface area contributed by atoms with Crippen LogP contribution in [-0.2, 0) is 10.0 Å². The molecule has 6 nitrogen and oxygen atoms in total. The Bertz CT molecular complexity index is 1110. The fraction of sp³-hybridized carbons (Fsp3) is 0.0952. The largest absolute Gasteiger partial charge is 0.457 e. The molecule has 0 aromatic heterocycles. The second-order valence-electron chi connectivity index (χ2n) is 6.35. The summed E-state index contributed by atoms with van der Waals surface area (Å²) in [6.45, 7) is 0.